The minimum atomic E-state index is -0.716. The van der Waals surface area contributed by atoms with E-state index in [0.717, 1.165) is 0 Å². The van der Waals surface area contributed by atoms with Gasteiger partial charge in [0.05, 0.1) is 28.3 Å². The minimum Gasteiger partial charge on any atom is -0.342 e. The number of halogens is 2. The molecule has 4 nitrogen and oxygen atoms in total. The quantitative estimate of drug-likeness (QED) is 0.782. The van der Waals surface area contributed by atoms with Gasteiger partial charge in [-0.2, -0.15) is 5.26 Å². The van der Waals surface area contributed by atoms with E-state index in [4.69, 9.17) is 28.5 Å². The van der Waals surface area contributed by atoms with Gasteiger partial charge in [-0.15, -0.1) is 0 Å². The van der Waals surface area contributed by atoms with E-state index in [0.29, 0.717) is 16.1 Å². The summed E-state index contributed by atoms with van der Waals surface area (Å²) in [6.07, 6.45) is 0. The van der Waals surface area contributed by atoms with Crippen molar-refractivity contribution in [1.82, 2.24) is 5.32 Å². The van der Waals surface area contributed by atoms with Crippen molar-refractivity contribution in [1.29, 1.82) is 5.26 Å². The number of carbonyl (C=O) groups excluding carboxylic acids is 2. The normalized spacial score (nSPS) is 11.7. The number of hydrogen-bond donors (Lipinski definition) is 1. The second kappa shape index (κ2) is 8.15. The third kappa shape index (κ3) is 4.60. The summed E-state index contributed by atoms with van der Waals surface area (Å²) in [5, 5.41) is 12.2. The van der Waals surface area contributed by atoms with E-state index in [1.54, 1.807) is 30.3 Å². The Kier molecular flexibility index (Phi) is 6.19. The molecule has 25 heavy (non-hydrogen) atoms. The maximum absolute atomic E-state index is 12.7. The molecule has 0 saturated carbocycles. The lowest BCUT2D eigenvalue weighted by Gasteiger charge is -2.21. The average Bonchev–Trinajstić information content (AvgIpc) is 2.58. The van der Waals surface area contributed by atoms with Gasteiger partial charge in [0, 0.05) is 10.6 Å². The maximum Gasteiger partial charge on any atom is 0.253 e. The second-order valence-electron chi connectivity index (χ2n) is 5.87. The van der Waals surface area contributed by atoms with E-state index in [9.17, 15) is 9.59 Å². The van der Waals surface area contributed by atoms with Crippen LogP contribution in [-0.4, -0.2) is 17.7 Å². The SMILES string of the molecule is CC(C)C(NC(=O)c1ccc(Cl)cc1Cl)C(=O)c1ccc(C#N)cc1. The lowest BCUT2D eigenvalue weighted by molar-refractivity contribution is 0.0831. The topological polar surface area (TPSA) is 70.0 Å². The third-order valence-electron chi connectivity index (χ3n) is 3.71. The van der Waals surface area contributed by atoms with Crippen molar-refractivity contribution in [3.05, 3.63) is 69.2 Å². The number of rotatable bonds is 5. The summed E-state index contributed by atoms with van der Waals surface area (Å²) in [7, 11) is 0. The molecule has 0 fully saturated rings. The molecule has 2 aromatic rings. The van der Waals surface area contributed by atoms with Crippen LogP contribution in [-0.2, 0) is 0 Å². The van der Waals surface area contributed by atoms with Crippen LogP contribution in [0.15, 0.2) is 42.5 Å². The number of nitrogens with one attached hydrogen (secondary N) is 1. The largest absolute Gasteiger partial charge is 0.342 e. The highest BCUT2D eigenvalue weighted by Crippen LogP contribution is 2.21. The Bertz CT molecular complexity index is 839. The Hall–Kier alpha value is -2.35. The number of nitrogens with zero attached hydrogens (tertiary/aromatic N) is 1. The molecule has 128 valence electrons. The second-order valence-corrected chi connectivity index (χ2v) is 6.72. The first-order chi connectivity index (χ1) is 11.8. The van der Waals surface area contributed by atoms with Gasteiger partial charge >= 0.3 is 0 Å². The smallest absolute Gasteiger partial charge is 0.253 e. The number of carbonyl (C=O) groups is 2. The van der Waals surface area contributed by atoms with Crippen molar-refractivity contribution in [2.75, 3.05) is 0 Å². The fourth-order valence-electron chi connectivity index (χ4n) is 2.32. The van der Waals surface area contributed by atoms with Crippen LogP contribution in [0.5, 0.6) is 0 Å². The van der Waals surface area contributed by atoms with Crippen LogP contribution in [0.2, 0.25) is 10.0 Å². The number of ketones is 1. The molecule has 2 aromatic carbocycles. The lowest BCUT2D eigenvalue weighted by Crippen LogP contribution is -2.44. The first-order valence-corrected chi connectivity index (χ1v) is 8.39. The van der Waals surface area contributed by atoms with Crippen molar-refractivity contribution < 1.29 is 9.59 Å². The van der Waals surface area contributed by atoms with Gasteiger partial charge in [0.2, 0.25) is 0 Å². The predicted molar refractivity (Wildman–Crippen MR) is 98.0 cm³/mol. The zero-order chi connectivity index (χ0) is 18.6. The van der Waals surface area contributed by atoms with Gasteiger partial charge in [-0.3, -0.25) is 9.59 Å². The standard InChI is InChI=1S/C19H16Cl2N2O2/c1-11(2)17(18(24)13-5-3-12(10-22)4-6-13)23-19(25)15-8-7-14(20)9-16(15)21/h3-9,11,17H,1-2H3,(H,23,25). The van der Waals surface area contributed by atoms with Crippen LogP contribution in [0.4, 0.5) is 0 Å². The number of amides is 1. The van der Waals surface area contributed by atoms with Gasteiger partial charge in [-0.05, 0) is 36.2 Å². The van der Waals surface area contributed by atoms with Crippen molar-refractivity contribution >= 4 is 34.9 Å². The van der Waals surface area contributed by atoms with E-state index >= 15 is 0 Å². The van der Waals surface area contributed by atoms with Crippen LogP contribution in [0, 0.1) is 17.2 Å². The Balaban J connectivity index is 2.24. The summed E-state index contributed by atoms with van der Waals surface area (Å²) in [4.78, 5) is 25.2. The van der Waals surface area contributed by atoms with Gasteiger partial charge in [0.1, 0.15) is 0 Å². The Morgan fingerprint density at radius 3 is 2.24 bits per heavy atom. The molecule has 0 heterocycles. The molecule has 0 aliphatic rings. The van der Waals surface area contributed by atoms with Crippen LogP contribution in [0.25, 0.3) is 0 Å². The fourth-order valence-corrected chi connectivity index (χ4v) is 2.81. The van der Waals surface area contributed by atoms with E-state index in [-0.39, 0.29) is 22.3 Å². The molecule has 0 radical (unpaired) electrons. The molecule has 0 aromatic heterocycles. The summed E-state index contributed by atoms with van der Waals surface area (Å²) in [6.45, 7) is 3.69. The average molecular weight is 375 g/mol. The summed E-state index contributed by atoms with van der Waals surface area (Å²) < 4.78 is 0. The van der Waals surface area contributed by atoms with Crippen molar-refractivity contribution in [2.24, 2.45) is 5.92 Å². The Morgan fingerprint density at radius 1 is 1.08 bits per heavy atom. The molecular formula is C19H16Cl2N2O2. The van der Waals surface area contributed by atoms with E-state index < -0.39 is 11.9 Å². The molecular weight excluding hydrogens is 359 g/mol. The van der Waals surface area contributed by atoms with Gasteiger partial charge < -0.3 is 5.32 Å². The highest BCUT2D eigenvalue weighted by atomic mass is 35.5. The van der Waals surface area contributed by atoms with Crippen LogP contribution < -0.4 is 5.32 Å². The minimum absolute atomic E-state index is 0.127. The summed E-state index contributed by atoms with van der Waals surface area (Å²) >= 11 is 11.9. The van der Waals surface area contributed by atoms with Gasteiger partial charge in [-0.1, -0.05) is 49.2 Å². The van der Waals surface area contributed by atoms with Crippen molar-refractivity contribution in [3.63, 3.8) is 0 Å². The first kappa shape index (κ1) is 19.0. The fraction of sp³-hybridized carbons (Fsp3) is 0.211. The maximum atomic E-state index is 12.7. The van der Waals surface area contributed by atoms with Crippen molar-refractivity contribution in [3.8, 4) is 6.07 Å². The van der Waals surface area contributed by atoms with E-state index in [2.05, 4.69) is 5.32 Å². The number of Topliss-reactive ketones (excluding diaryl/α,β-unsaturated/α-hetero) is 1. The van der Waals surface area contributed by atoms with Gasteiger partial charge in [-0.25, -0.2) is 0 Å². The lowest BCUT2D eigenvalue weighted by atomic mass is 9.94. The molecule has 1 amide bonds. The van der Waals surface area contributed by atoms with Crippen LogP contribution in [0.1, 0.15) is 40.1 Å². The number of benzene rings is 2. The molecule has 2 rings (SSSR count). The summed E-state index contributed by atoms with van der Waals surface area (Å²) in [5.41, 5.74) is 1.15. The van der Waals surface area contributed by atoms with E-state index in [1.165, 1.54) is 12.1 Å². The molecule has 1 N–H and O–H groups in total. The van der Waals surface area contributed by atoms with Gasteiger partial charge in [0.15, 0.2) is 5.78 Å². The van der Waals surface area contributed by atoms with Crippen LogP contribution in [0.3, 0.4) is 0 Å². The molecule has 0 saturated heterocycles. The molecule has 0 aliphatic carbocycles. The van der Waals surface area contributed by atoms with Crippen molar-refractivity contribution in [2.45, 2.75) is 19.9 Å². The predicted octanol–water partition coefficient (Wildman–Crippen LogP) is 4.50. The zero-order valence-electron chi connectivity index (χ0n) is 13.7. The molecule has 6 heteroatoms. The van der Waals surface area contributed by atoms with Crippen LogP contribution >= 0.6 is 23.2 Å². The summed E-state index contributed by atoms with van der Waals surface area (Å²) in [5.74, 6) is -0.793. The number of nitriles is 1. The Morgan fingerprint density at radius 2 is 1.72 bits per heavy atom. The zero-order valence-corrected chi connectivity index (χ0v) is 15.2. The molecule has 1 atom stereocenters. The molecule has 0 spiro atoms. The number of hydrogen-bond acceptors (Lipinski definition) is 3. The molecule has 0 bridgehead atoms. The Labute approximate surface area is 156 Å². The highest BCUT2D eigenvalue weighted by Gasteiger charge is 2.26. The first-order valence-electron chi connectivity index (χ1n) is 7.63. The summed E-state index contributed by atoms with van der Waals surface area (Å²) in [6, 6.07) is 12.2. The molecule has 0 aliphatic heterocycles. The van der Waals surface area contributed by atoms with E-state index in [1.807, 2.05) is 19.9 Å². The monoisotopic (exact) mass is 374 g/mol. The van der Waals surface area contributed by atoms with Gasteiger partial charge in [0.25, 0.3) is 5.91 Å². The third-order valence-corrected chi connectivity index (χ3v) is 4.26. The highest BCUT2D eigenvalue weighted by molar-refractivity contribution is 6.36. The molecule has 1 unspecified atom stereocenters.